The first-order chi connectivity index (χ1) is 12.6. The van der Waals surface area contributed by atoms with Gasteiger partial charge in [0, 0.05) is 25.3 Å². The fraction of sp³-hybridized carbons (Fsp3) is 0.200. The van der Waals surface area contributed by atoms with E-state index >= 15 is 0 Å². The number of hydrogen-bond acceptors (Lipinski definition) is 3. The van der Waals surface area contributed by atoms with Crippen molar-refractivity contribution in [3.8, 4) is 0 Å². The van der Waals surface area contributed by atoms with Gasteiger partial charge in [0.2, 0.25) is 0 Å². The molecule has 0 unspecified atom stereocenters. The predicted octanol–water partition coefficient (Wildman–Crippen LogP) is 2.46. The average molecular weight is 351 g/mol. The first-order valence-electron chi connectivity index (χ1n) is 8.55. The monoisotopic (exact) mass is 351 g/mol. The van der Waals surface area contributed by atoms with E-state index in [4.69, 9.17) is 0 Å². The van der Waals surface area contributed by atoms with Crippen LogP contribution in [-0.2, 0) is 6.42 Å². The molecule has 1 amide bonds. The first kappa shape index (κ1) is 16.3. The summed E-state index contributed by atoms with van der Waals surface area (Å²) in [4.78, 5) is 29.3. The molecule has 0 saturated carbocycles. The summed E-state index contributed by atoms with van der Waals surface area (Å²) in [7, 11) is 0. The summed E-state index contributed by atoms with van der Waals surface area (Å²) in [5, 5.41) is 3.41. The number of benzene rings is 2. The Morgan fingerprint density at radius 1 is 1.19 bits per heavy atom. The molecule has 1 aromatic heterocycles. The van der Waals surface area contributed by atoms with E-state index < -0.39 is 17.3 Å². The number of halogens is 1. The van der Waals surface area contributed by atoms with Gasteiger partial charge in [-0.15, -0.1) is 0 Å². The van der Waals surface area contributed by atoms with Crippen LogP contribution >= 0.6 is 0 Å². The number of anilines is 1. The van der Waals surface area contributed by atoms with Crippen molar-refractivity contribution >= 4 is 22.5 Å². The number of para-hydroxylation sites is 1. The first-order valence-corrected chi connectivity index (χ1v) is 8.55. The second-order valence-corrected chi connectivity index (χ2v) is 6.37. The Morgan fingerprint density at radius 3 is 2.92 bits per heavy atom. The van der Waals surface area contributed by atoms with Crippen LogP contribution in [0.2, 0.25) is 0 Å². The molecule has 2 aromatic carbocycles. The number of carbonyl (C=O) groups excluding carboxylic acids is 1. The fourth-order valence-corrected chi connectivity index (χ4v) is 3.38. The lowest BCUT2D eigenvalue weighted by molar-refractivity contribution is 0.0953. The zero-order chi connectivity index (χ0) is 18.1. The minimum absolute atomic E-state index is 0.0333. The number of rotatable bonds is 4. The summed E-state index contributed by atoms with van der Waals surface area (Å²) in [6, 6.07) is 13.8. The molecule has 26 heavy (non-hydrogen) atoms. The third-order valence-electron chi connectivity index (χ3n) is 4.70. The SMILES string of the molecule is O=C(NCCN1CCc2ccccc21)c1cc2ccc(F)cc2[nH]c1=O. The van der Waals surface area contributed by atoms with Crippen molar-refractivity contribution in [2.24, 2.45) is 0 Å². The van der Waals surface area contributed by atoms with Gasteiger partial charge in [0.1, 0.15) is 11.4 Å². The third-order valence-corrected chi connectivity index (χ3v) is 4.70. The molecule has 0 aliphatic carbocycles. The second-order valence-electron chi connectivity index (χ2n) is 6.37. The van der Waals surface area contributed by atoms with Gasteiger partial charge >= 0.3 is 0 Å². The largest absolute Gasteiger partial charge is 0.369 e. The maximum absolute atomic E-state index is 13.2. The topological polar surface area (TPSA) is 65.2 Å². The summed E-state index contributed by atoms with van der Waals surface area (Å²) in [5.74, 6) is -0.860. The number of carbonyl (C=O) groups is 1. The van der Waals surface area contributed by atoms with Gasteiger partial charge in [0.15, 0.2) is 0 Å². The van der Waals surface area contributed by atoms with Crippen LogP contribution in [0.15, 0.2) is 53.3 Å². The zero-order valence-corrected chi connectivity index (χ0v) is 14.1. The van der Waals surface area contributed by atoms with Crippen LogP contribution < -0.4 is 15.8 Å². The number of aromatic nitrogens is 1. The number of aromatic amines is 1. The lowest BCUT2D eigenvalue weighted by Gasteiger charge is -2.19. The Bertz CT molecular complexity index is 1040. The van der Waals surface area contributed by atoms with Crippen LogP contribution in [-0.4, -0.2) is 30.5 Å². The number of fused-ring (bicyclic) bond motifs is 2. The van der Waals surface area contributed by atoms with Crippen molar-refractivity contribution in [1.29, 1.82) is 0 Å². The van der Waals surface area contributed by atoms with Gasteiger partial charge in [-0.1, -0.05) is 18.2 Å². The van der Waals surface area contributed by atoms with E-state index in [1.54, 1.807) is 6.07 Å². The van der Waals surface area contributed by atoms with E-state index in [2.05, 4.69) is 27.3 Å². The minimum atomic E-state index is -0.521. The molecule has 1 aliphatic rings. The van der Waals surface area contributed by atoms with Crippen molar-refractivity contribution in [3.05, 3.63) is 75.8 Å². The highest BCUT2D eigenvalue weighted by Gasteiger charge is 2.18. The highest BCUT2D eigenvalue weighted by molar-refractivity contribution is 5.97. The maximum atomic E-state index is 13.2. The lowest BCUT2D eigenvalue weighted by atomic mass is 10.1. The Balaban J connectivity index is 1.44. The molecule has 0 atom stereocenters. The second kappa shape index (κ2) is 6.63. The molecule has 5 nitrogen and oxygen atoms in total. The van der Waals surface area contributed by atoms with Crippen LogP contribution in [0.3, 0.4) is 0 Å². The molecule has 0 saturated heterocycles. The van der Waals surface area contributed by atoms with Gasteiger partial charge in [0.25, 0.3) is 11.5 Å². The van der Waals surface area contributed by atoms with Gasteiger partial charge in [-0.3, -0.25) is 9.59 Å². The molecule has 3 aromatic rings. The summed E-state index contributed by atoms with van der Waals surface area (Å²) >= 11 is 0. The van der Waals surface area contributed by atoms with E-state index in [0.717, 1.165) is 13.0 Å². The molecule has 0 fully saturated rings. The molecular formula is C20H18FN3O2. The van der Waals surface area contributed by atoms with E-state index in [1.165, 1.54) is 29.4 Å². The van der Waals surface area contributed by atoms with Crippen molar-refractivity contribution < 1.29 is 9.18 Å². The van der Waals surface area contributed by atoms with E-state index in [-0.39, 0.29) is 5.56 Å². The smallest absolute Gasteiger partial charge is 0.261 e. The summed E-state index contributed by atoms with van der Waals surface area (Å²) in [6.07, 6.45) is 1.00. The predicted molar refractivity (Wildman–Crippen MR) is 99.2 cm³/mol. The Morgan fingerprint density at radius 2 is 2.04 bits per heavy atom. The van der Waals surface area contributed by atoms with E-state index in [1.807, 2.05) is 12.1 Å². The number of nitrogens with one attached hydrogen (secondary N) is 2. The van der Waals surface area contributed by atoms with Gasteiger partial charge in [-0.05, 0) is 47.7 Å². The van der Waals surface area contributed by atoms with Gasteiger partial charge in [-0.2, -0.15) is 0 Å². The molecular weight excluding hydrogens is 333 g/mol. The standard InChI is InChI=1S/C20H18FN3O2/c21-15-6-5-14-11-16(20(26)23-17(14)12-15)19(25)22-8-10-24-9-7-13-3-1-2-4-18(13)24/h1-6,11-12H,7-10H2,(H,22,25)(H,23,26). The van der Waals surface area contributed by atoms with Gasteiger partial charge < -0.3 is 15.2 Å². The number of pyridine rings is 1. The lowest BCUT2D eigenvalue weighted by Crippen LogP contribution is -2.36. The van der Waals surface area contributed by atoms with Crippen LogP contribution in [0.25, 0.3) is 10.9 Å². The average Bonchev–Trinajstić information content (AvgIpc) is 3.04. The Kier molecular flexibility index (Phi) is 4.16. The van der Waals surface area contributed by atoms with Crippen LogP contribution in [0.5, 0.6) is 0 Å². The molecule has 2 heterocycles. The van der Waals surface area contributed by atoms with E-state index in [9.17, 15) is 14.0 Å². The molecule has 0 bridgehead atoms. The molecule has 2 N–H and O–H groups in total. The third kappa shape index (κ3) is 3.06. The maximum Gasteiger partial charge on any atom is 0.261 e. The van der Waals surface area contributed by atoms with E-state index in [0.29, 0.717) is 24.0 Å². The molecule has 0 radical (unpaired) electrons. The number of H-pyrrole nitrogens is 1. The molecule has 4 rings (SSSR count). The van der Waals surface area contributed by atoms with Gasteiger partial charge in [0.05, 0.1) is 5.52 Å². The summed E-state index contributed by atoms with van der Waals surface area (Å²) in [6.45, 7) is 2.05. The van der Waals surface area contributed by atoms with Crippen LogP contribution in [0.1, 0.15) is 15.9 Å². The molecule has 6 heteroatoms. The fourth-order valence-electron chi connectivity index (χ4n) is 3.38. The summed E-state index contributed by atoms with van der Waals surface area (Å²) in [5.41, 5.74) is 2.41. The zero-order valence-electron chi connectivity index (χ0n) is 14.1. The van der Waals surface area contributed by atoms with Crippen molar-refractivity contribution in [2.75, 3.05) is 24.5 Å². The van der Waals surface area contributed by atoms with Gasteiger partial charge in [-0.25, -0.2) is 4.39 Å². The molecule has 132 valence electrons. The normalized spacial score (nSPS) is 13.0. The number of amides is 1. The highest BCUT2D eigenvalue weighted by Crippen LogP contribution is 2.26. The number of hydrogen-bond donors (Lipinski definition) is 2. The van der Waals surface area contributed by atoms with Crippen molar-refractivity contribution in [3.63, 3.8) is 0 Å². The minimum Gasteiger partial charge on any atom is -0.369 e. The Labute approximate surface area is 149 Å². The highest BCUT2D eigenvalue weighted by atomic mass is 19.1. The van der Waals surface area contributed by atoms with Crippen molar-refractivity contribution in [1.82, 2.24) is 10.3 Å². The van der Waals surface area contributed by atoms with Crippen LogP contribution in [0.4, 0.5) is 10.1 Å². The van der Waals surface area contributed by atoms with Crippen LogP contribution in [0, 0.1) is 5.82 Å². The number of nitrogens with zero attached hydrogens (tertiary/aromatic N) is 1. The summed E-state index contributed by atoms with van der Waals surface area (Å²) < 4.78 is 13.2. The Hall–Kier alpha value is -3.15. The van der Waals surface area contributed by atoms with Crippen molar-refractivity contribution in [2.45, 2.75) is 6.42 Å². The molecule has 0 spiro atoms. The molecule has 1 aliphatic heterocycles. The quantitative estimate of drug-likeness (QED) is 0.759.